The van der Waals surface area contributed by atoms with E-state index in [0.29, 0.717) is 10.6 Å². The smallest absolute Gasteiger partial charge is 0.350 e. The minimum absolute atomic E-state index is 0.389. The van der Waals surface area contributed by atoms with Crippen LogP contribution in [-0.4, -0.2) is 19.6 Å². The van der Waals surface area contributed by atoms with Gasteiger partial charge < -0.3 is 15.8 Å². The van der Waals surface area contributed by atoms with Gasteiger partial charge in [0, 0.05) is 6.54 Å². The van der Waals surface area contributed by atoms with Gasteiger partial charge in [0.1, 0.15) is 4.88 Å². The van der Waals surface area contributed by atoms with Crippen molar-refractivity contribution in [3.05, 3.63) is 46.3 Å². The average molecular weight is 290 g/mol. The van der Waals surface area contributed by atoms with E-state index in [9.17, 15) is 4.79 Å². The van der Waals surface area contributed by atoms with Gasteiger partial charge in [-0.15, -0.1) is 11.3 Å². The molecular formula is C15H18N2O2S. The van der Waals surface area contributed by atoms with Gasteiger partial charge in [-0.2, -0.15) is 0 Å². The van der Waals surface area contributed by atoms with E-state index in [1.165, 1.54) is 29.6 Å². The molecule has 106 valence electrons. The predicted octanol–water partition coefficient (Wildman–Crippen LogP) is 3.08. The largest absolute Gasteiger partial charge is 0.465 e. The molecule has 2 rings (SSSR count). The molecule has 0 radical (unpaired) electrons. The molecule has 0 amide bonds. The van der Waals surface area contributed by atoms with Crippen LogP contribution in [0, 0.1) is 6.92 Å². The Balaban J connectivity index is 1.95. The SMILES string of the molecule is COC(=O)c1sc(NCCc2ccccc2C)cc1N. The first kappa shape index (κ1) is 14.4. The third-order valence-corrected chi connectivity index (χ3v) is 4.18. The van der Waals surface area contributed by atoms with Crippen LogP contribution in [0.1, 0.15) is 20.8 Å². The fraction of sp³-hybridized carbons (Fsp3) is 0.267. The van der Waals surface area contributed by atoms with Crippen LogP contribution in [0.3, 0.4) is 0 Å². The third-order valence-electron chi connectivity index (χ3n) is 3.09. The van der Waals surface area contributed by atoms with Crippen LogP contribution in [-0.2, 0) is 11.2 Å². The van der Waals surface area contributed by atoms with Crippen molar-refractivity contribution in [1.29, 1.82) is 0 Å². The van der Waals surface area contributed by atoms with Gasteiger partial charge in [0.25, 0.3) is 0 Å². The van der Waals surface area contributed by atoms with Crippen LogP contribution in [0.15, 0.2) is 30.3 Å². The first-order valence-corrected chi connectivity index (χ1v) is 7.19. The normalized spacial score (nSPS) is 10.3. The van der Waals surface area contributed by atoms with Gasteiger partial charge in [0.15, 0.2) is 0 Å². The van der Waals surface area contributed by atoms with Gasteiger partial charge in [-0.3, -0.25) is 0 Å². The molecule has 0 bridgehead atoms. The van der Waals surface area contributed by atoms with Crippen LogP contribution in [0.4, 0.5) is 10.7 Å². The number of rotatable bonds is 5. The van der Waals surface area contributed by atoms with Crippen LogP contribution >= 0.6 is 11.3 Å². The number of anilines is 2. The highest BCUT2D eigenvalue weighted by molar-refractivity contribution is 7.18. The summed E-state index contributed by atoms with van der Waals surface area (Å²) in [6, 6.07) is 10.1. The van der Waals surface area contributed by atoms with Gasteiger partial charge in [-0.05, 0) is 30.5 Å². The molecule has 20 heavy (non-hydrogen) atoms. The Morgan fingerprint density at radius 1 is 1.40 bits per heavy atom. The highest BCUT2D eigenvalue weighted by atomic mass is 32.1. The predicted molar refractivity (Wildman–Crippen MR) is 83.4 cm³/mol. The lowest BCUT2D eigenvalue weighted by atomic mass is 10.1. The van der Waals surface area contributed by atoms with Crippen LogP contribution < -0.4 is 11.1 Å². The van der Waals surface area contributed by atoms with Crippen molar-refractivity contribution in [3.63, 3.8) is 0 Å². The van der Waals surface area contributed by atoms with E-state index < -0.39 is 0 Å². The van der Waals surface area contributed by atoms with Crippen molar-refractivity contribution in [1.82, 2.24) is 0 Å². The molecule has 0 saturated carbocycles. The first-order chi connectivity index (χ1) is 9.61. The Morgan fingerprint density at radius 3 is 2.85 bits per heavy atom. The molecule has 0 aliphatic carbocycles. The number of hydrogen-bond acceptors (Lipinski definition) is 5. The third kappa shape index (κ3) is 3.30. The number of esters is 1. The monoisotopic (exact) mass is 290 g/mol. The number of benzene rings is 1. The Kier molecular flexibility index (Phi) is 4.63. The van der Waals surface area contributed by atoms with Crippen molar-refractivity contribution in [3.8, 4) is 0 Å². The second kappa shape index (κ2) is 6.43. The van der Waals surface area contributed by atoms with Crippen molar-refractivity contribution in [2.75, 3.05) is 24.7 Å². The second-order valence-corrected chi connectivity index (χ2v) is 5.54. The number of methoxy groups -OCH3 is 1. The van der Waals surface area contributed by atoms with E-state index in [1.54, 1.807) is 6.07 Å². The van der Waals surface area contributed by atoms with E-state index >= 15 is 0 Å². The van der Waals surface area contributed by atoms with E-state index in [-0.39, 0.29) is 5.97 Å². The highest BCUT2D eigenvalue weighted by Gasteiger charge is 2.14. The van der Waals surface area contributed by atoms with E-state index in [2.05, 4.69) is 29.1 Å². The molecule has 0 unspecified atom stereocenters. The summed E-state index contributed by atoms with van der Waals surface area (Å²) in [6.45, 7) is 2.90. The van der Waals surface area contributed by atoms with Crippen LogP contribution in [0.25, 0.3) is 0 Å². The molecule has 0 aliphatic rings. The summed E-state index contributed by atoms with van der Waals surface area (Å²) in [6.07, 6.45) is 0.929. The maximum atomic E-state index is 11.5. The molecular weight excluding hydrogens is 272 g/mol. The molecule has 5 heteroatoms. The Labute approximate surface area is 122 Å². The summed E-state index contributed by atoms with van der Waals surface area (Å²) in [5.41, 5.74) is 8.86. The Hall–Kier alpha value is -2.01. The van der Waals surface area contributed by atoms with Crippen molar-refractivity contribution >= 4 is 28.0 Å². The Bertz CT molecular complexity index is 608. The summed E-state index contributed by atoms with van der Waals surface area (Å²) >= 11 is 1.32. The van der Waals surface area contributed by atoms with Crippen LogP contribution in [0.5, 0.6) is 0 Å². The Morgan fingerprint density at radius 2 is 2.15 bits per heavy atom. The molecule has 0 aliphatic heterocycles. The fourth-order valence-corrected chi connectivity index (χ4v) is 2.88. The van der Waals surface area contributed by atoms with Crippen molar-refractivity contribution in [2.45, 2.75) is 13.3 Å². The second-order valence-electron chi connectivity index (χ2n) is 4.49. The lowest BCUT2D eigenvalue weighted by molar-refractivity contribution is 0.0607. The first-order valence-electron chi connectivity index (χ1n) is 6.38. The number of nitrogens with one attached hydrogen (secondary N) is 1. The zero-order valence-corrected chi connectivity index (χ0v) is 12.4. The quantitative estimate of drug-likeness (QED) is 0.831. The molecule has 1 aromatic heterocycles. The minimum Gasteiger partial charge on any atom is -0.465 e. The zero-order chi connectivity index (χ0) is 14.5. The molecule has 0 saturated heterocycles. The van der Waals surface area contributed by atoms with E-state index in [1.807, 2.05) is 12.1 Å². The standard InChI is InChI=1S/C15H18N2O2S/c1-10-5-3-4-6-11(10)7-8-17-13-9-12(16)14(20-13)15(18)19-2/h3-6,9,17H,7-8,16H2,1-2H3. The number of aryl methyl sites for hydroxylation is 1. The van der Waals surface area contributed by atoms with E-state index in [0.717, 1.165) is 18.0 Å². The fourth-order valence-electron chi connectivity index (χ4n) is 1.96. The molecule has 3 N–H and O–H groups in total. The number of ether oxygens (including phenoxy) is 1. The molecule has 0 atom stereocenters. The molecule has 1 aromatic carbocycles. The zero-order valence-electron chi connectivity index (χ0n) is 11.6. The van der Waals surface area contributed by atoms with Gasteiger partial charge in [-0.25, -0.2) is 4.79 Å². The lowest BCUT2D eigenvalue weighted by Crippen LogP contribution is -2.04. The summed E-state index contributed by atoms with van der Waals surface area (Å²) in [5.74, 6) is -0.389. The summed E-state index contributed by atoms with van der Waals surface area (Å²) in [5, 5.41) is 4.18. The number of hydrogen-bond donors (Lipinski definition) is 2. The maximum Gasteiger partial charge on any atom is 0.350 e. The van der Waals surface area contributed by atoms with Crippen molar-refractivity contribution < 1.29 is 9.53 Å². The van der Waals surface area contributed by atoms with Crippen LogP contribution in [0.2, 0.25) is 0 Å². The highest BCUT2D eigenvalue weighted by Crippen LogP contribution is 2.29. The summed E-state index contributed by atoms with van der Waals surface area (Å²) in [7, 11) is 1.35. The topological polar surface area (TPSA) is 64.3 Å². The van der Waals surface area contributed by atoms with Gasteiger partial charge in [0.2, 0.25) is 0 Å². The van der Waals surface area contributed by atoms with Crippen molar-refractivity contribution in [2.24, 2.45) is 0 Å². The van der Waals surface area contributed by atoms with Gasteiger partial charge >= 0.3 is 5.97 Å². The molecule has 0 fully saturated rings. The molecule has 0 spiro atoms. The average Bonchev–Trinajstić information content (AvgIpc) is 2.81. The number of thiophene rings is 1. The summed E-state index contributed by atoms with van der Waals surface area (Å²) < 4.78 is 4.68. The minimum atomic E-state index is -0.389. The maximum absolute atomic E-state index is 11.5. The lowest BCUT2D eigenvalue weighted by Gasteiger charge is -2.06. The number of nitrogens with two attached hydrogens (primary N) is 1. The van der Waals surface area contributed by atoms with Gasteiger partial charge in [-0.1, -0.05) is 24.3 Å². The molecule has 2 aromatic rings. The number of carbonyl (C=O) groups excluding carboxylic acids is 1. The number of carbonyl (C=O) groups is 1. The molecule has 4 nitrogen and oxygen atoms in total. The van der Waals surface area contributed by atoms with Gasteiger partial charge in [0.05, 0.1) is 17.8 Å². The molecule has 1 heterocycles. The summed E-state index contributed by atoms with van der Waals surface area (Å²) in [4.78, 5) is 11.9. The van der Waals surface area contributed by atoms with E-state index in [4.69, 9.17) is 5.73 Å². The number of nitrogen functional groups attached to an aromatic ring is 1.